The van der Waals surface area contributed by atoms with Crippen LogP contribution in [0.25, 0.3) is 0 Å². The average molecular weight is 366 g/mol. The molecule has 27 heavy (non-hydrogen) atoms. The molecule has 0 spiro atoms. The molecule has 3 aromatic rings. The Morgan fingerprint density at radius 3 is 2.41 bits per heavy atom. The van der Waals surface area contributed by atoms with Gasteiger partial charge in [0.25, 0.3) is 11.8 Å². The Hall–Kier alpha value is -4.07. The van der Waals surface area contributed by atoms with Crippen molar-refractivity contribution >= 4 is 29.2 Å². The highest BCUT2D eigenvalue weighted by atomic mass is 16.4. The number of phenolic OH excluding ortho intramolecular Hbond substituents is 1. The first kappa shape index (κ1) is 17.7. The summed E-state index contributed by atoms with van der Waals surface area (Å²) in [6, 6.07) is 12.8. The van der Waals surface area contributed by atoms with Crippen molar-refractivity contribution in [1.29, 1.82) is 0 Å². The molecule has 3 rings (SSSR count). The zero-order valence-corrected chi connectivity index (χ0v) is 13.8. The highest BCUT2D eigenvalue weighted by Gasteiger charge is 2.15. The number of hydrogen-bond acceptors (Lipinski definition) is 5. The smallest absolute Gasteiger partial charge is 0.337 e. The highest BCUT2D eigenvalue weighted by molar-refractivity contribution is 6.09. The number of carbonyl (C=O) groups excluding carboxylic acids is 2. The fourth-order valence-electron chi connectivity index (χ4n) is 2.35. The Morgan fingerprint density at radius 2 is 1.70 bits per heavy atom. The lowest BCUT2D eigenvalue weighted by Crippen LogP contribution is -2.16. The number of anilines is 2. The van der Waals surface area contributed by atoms with E-state index in [1.165, 1.54) is 36.6 Å². The van der Waals surface area contributed by atoms with Crippen LogP contribution in [0, 0.1) is 0 Å². The van der Waals surface area contributed by atoms with Crippen molar-refractivity contribution in [2.24, 2.45) is 0 Å². The van der Waals surface area contributed by atoms with Gasteiger partial charge in [0.2, 0.25) is 0 Å². The topological polar surface area (TPSA) is 129 Å². The fraction of sp³-hybridized carbons (Fsp3) is 0. The van der Waals surface area contributed by atoms with E-state index >= 15 is 0 Å². The van der Waals surface area contributed by atoms with Crippen LogP contribution < -0.4 is 10.6 Å². The van der Waals surface area contributed by atoms with Gasteiger partial charge in [0.15, 0.2) is 5.76 Å². The normalized spacial score (nSPS) is 10.2. The molecule has 0 bridgehead atoms. The number of rotatable bonds is 5. The fourth-order valence-corrected chi connectivity index (χ4v) is 2.35. The lowest BCUT2D eigenvalue weighted by molar-refractivity contribution is 0.0697. The van der Waals surface area contributed by atoms with E-state index in [4.69, 9.17) is 4.42 Å². The van der Waals surface area contributed by atoms with E-state index in [1.54, 1.807) is 18.2 Å². The molecule has 136 valence electrons. The molecule has 0 unspecified atom stereocenters. The van der Waals surface area contributed by atoms with Crippen LogP contribution in [0.1, 0.15) is 31.3 Å². The van der Waals surface area contributed by atoms with Crippen LogP contribution in [0.5, 0.6) is 5.75 Å². The Bertz CT molecular complexity index is 1010. The summed E-state index contributed by atoms with van der Waals surface area (Å²) in [6.45, 7) is 0. The van der Waals surface area contributed by atoms with Crippen molar-refractivity contribution in [1.82, 2.24) is 0 Å². The molecule has 0 atom stereocenters. The number of nitrogens with one attached hydrogen (secondary N) is 2. The number of phenols is 1. The lowest BCUT2D eigenvalue weighted by Gasteiger charge is -2.10. The van der Waals surface area contributed by atoms with E-state index in [-0.39, 0.29) is 28.3 Å². The molecule has 8 heteroatoms. The van der Waals surface area contributed by atoms with Crippen LogP contribution in [-0.4, -0.2) is 28.0 Å². The molecule has 0 saturated heterocycles. The first-order valence-electron chi connectivity index (χ1n) is 7.76. The van der Waals surface area contributed by atoms with Crippen LogP contribution in [0.15, 0.2) is 65.3 Å². The van der Waals surface area contributed by atoms with Gasteiger partial charge in [0.1, 0.15) is 5.75 Å². The second-order valence-corrected chi connectivity index (χ2v) is 5.50. The molecule has 0 aliphatic heterocycles. The SMILES string of the molecule is O=C(Nc1ccc(O)cc1C(=O)O)c1cccc(NC(=O)c2ccco2)c1. The summed E-state index contributed by atoms with van der Waals surface area (Å²) >= 11 is 0. The monoisotopic (exact) mass is 366 g/mol. The van der Waals surface area contributed by atoms with Gasteiger partial charge in [-0.1, -0.05) is 6.07 Å². The third-order valence-electron chi connectivity index (χ3n) is 3.61. The lowest BCUT2D eigenvalue weighted by atomic mass is 10.1. The Balaban J connectivity index is 1.78. The second kappa shape index (κ2) is 7.44. The Labute approximate surface area is 153 Å². The second-order valence-electron chi connectivity index (χ2n) is 5.50. The van der Waals surface area contributed by atoms with Gasteiger partial charge in [0, 0.05) is 11.3 Å². The third-order valence-corrected chi connectivity index (χ3v) is 3.61. The minimum absolute atomic E-state index is 0.0373. The van der Waals surface area contributed by atoms with Crippen molar-refractivity contribution in [3.8, 4) is 5.75 Å². The molecule has 1 heterocycles. The van der Waals surface area contributed by atoms with Crippen LogP contribution in [0.4, 0.5) is 11.4 Å². The van der Waals surface area contributed by atoms with Gasteiger partial charge in [-0.2, -0.15) is 0 Å². The maximum atomic E-state index is 12.4. The Morgan fingerprint density at radius 1 is 0.889 bits per heavy atom. The predicted octanol–water partition coefficient (Wildman–Crippen LogP) is 3.19. The van der Waals surface area contributed by atoms with Gasteiger partial charge < -0.3 is 25.3 Å². The van der Waals surface area contributed by atoms with Crippen molar-refractivity contribution in [2.75, 3.05) is 10.6 Å². The zero-order valence-electron chi connectivity index (χ0n) is 13.8. The van der Waals surface area contributed by atoms with Crippen LogP contribution in [0.3, 0.4) is 0 Å². The average Bonchev–Trinajstić information content (AvgIpc) is 3.18. The molecular formula is C19H14N2O6. The number of furan rings is 1. The van der Waals surface area contributed by atoms with Crippen LogP contribution >= 0.6 is 0 Å². The van der Waals surface area contributed by atoms with Crippen molar-refractivity contribution in [3.63, 3.8) is 0 Å². The number of aromatic hydroxyl groups is 1. The van der Waals surface area contributed by atoms with Crippen molar-refractivity contribution in [2.45, 2.75) is 0 Å². The van der Waals surface area contributed by atoms with Crippen molar-refractivity contribution in [3.05, 3.63) is 77.7 Å². The molecule has 0 saturated carbocycles. The van der Waals surface area contributed by atoms with Crippen molar-refractivity contribution < 1.29 is 29.0 Å². The number of carbonyl (C=O) groups is 3. The summed E-state index contributed by atoms with van der Waals surface area (Å²) in [5.41, 5.74) is 0.367. The molecule has 0 aliphatic carbocycles. The number of amides is 2. The van der Waals surface area contributed by atoms with Gasteiger partial charge in [-0.15, -0.1) is 0 Å². The zero-order chi connectivity index (χ0) is 19.4. The molecule has 2 amide bonds. The van der Waals surface area contributed by atoms with E-state index in [0.29, 0.717) is 5.69 Å². The summed E-state index contributed by atoms with van der Waals surface area (Å²) in [7, 11) is 0. The molecule has 1 aromatic heterocycles. The molecule has 0 fully saturated rings. The van der Waals surface area contributed by atoms with Gasteiger partial charge in [-0.25, -0.2) is 4.79 Å². The van der Waals surface area contributed by atoms with Gasteiger partial charge in [-0.3, -0.25) is 9.59 Å². The molecular weight excluding hydrogens is 352 g/mol. The first-order valence-corrected chi connectivity index (χ1v) is 7.76. The largest absolute Gasteiger partial charge is 0.508 e. The number of carboxylic acids is 1. The quantitative estimate of drug-likeness (QED) is 0.513. The van der Waals surface area contributed by atoms with Gasteiger partial charge >= 0.3 is 5.97 Å². The molecule has 2 aromatic carbocycles. The predicted molar refractivity (Wildman–Crippen MR) is 96.1 cm³/mol. The number of hydrogen-bond donors (Lipinski definition) is 4. The van der Waals surface area contributed by atoms with Crippen LogP contribution in [0.2, 0.25) is 0 Å². The summed E-state index contributed by atoms with van der Waals surface area (Å²) in [6.07, 6.45) is 1.37. The molecule has 8 nitrogen and oxygen atoms in total. The maximum absolute atomic E-state index is 12.4. The summed E-state index contributed by atoms with van der Waals surface area (Å²) in [4.78, 5) is 35.7. The van der Waals surface area contributed by atoms with Gasteiger partial charge in [0.05, 0.1) is 17.5 Å². The minimum atomic E-state index is -1.29. The number of benzene rings is 2. The van der Waals surface area contributed by atoms with Gasteiger partial charge in [-0.05, 0) is 48.5 Å². The third kappa shape index (κ3) is 4.13. The molecule has 0 aliphatic rings. The van der Waals surface area contributed by atoms with E-state index in [9.17, 15) is 24.6 Å². The Kier molecular flexibility index (Phi) is 4.89. The standard InChI is InChI=1S/C19H14N2O6/c22-13-6-7-15(14(10-13)19(25)26)21-17(23)11-3-1-4-12(9-11)20-18(24)16-5-2-8-27-16/h1-10,22H,(H,20,24)(H,21,23)(H,25,26). The summed E-state index contributed by atoms with van der Waals surface area (Å²) in [5, 5.41) is 23.7. The van der Waals surface area contributed by atoms with E-state index in [1.807, 2.05) is 0 Å². The summed E-state index contributed by atoms with van der Waals surface area (Å²) < 4.78 is 5.00. The van der Waals surface area contributed by atoms with E-state index < -0.39 is 17.8 Å². The highest BCUT2D eigenvalue weighted by Crippen LogP contribution is 2.22. The maximum Gasteiger partial charge on any atom is 0.337 e. The number of carboxylic acid groups (broad SMARTS) is 1. The summed E-state index contributed by atoms with van der Waals surface area (Å²) in [5.74, 6) is -2.43. The minimum Gasteiger partial charge on any atom is -0.508 e. The van der Waals surface area contributed by atoms with Crippen LogP contribution in [-0.2, 0) is 0 Å². The first-order chi connectivity index (χ1) is 12.9. The number of aromatic carboxylic acids is 1. The van der Waals surface area contributed by atoms with E-state index in [0.717, 1.165) is 6.07 Å². The molecule has 4 N–H and O–H groups in total. The molecule has 0 radical (unpaired) electrons. The van der Waals surface area contributed by atoms with E-state index in [2.05, 4.69) is 10.6 Å².